The number of aromatic nitrogens is 1. The molecular weight excluding hydrogens is 193 g/mol. The topological polar surface area (TPSA) is 28.2 Å². The van der Waals surface area contributed by atoms with Crippen LogP contribution in [0, 0.1) is 5.82 Å². The van der Waals surface area contributed by atoms with Gasteiger partial charge in [-0.15, -0.1) is 0 Å². The van der Waals surface area contributed by atoms with Crippen LogP contribution in [-0.2, 0) is 6.54 Å². The molecule has 84 valence electrons. The molecule has 0 radical (unpaired) electrons. The summed E-state index contributed by atoms with van der Waals surface area (Å²) in [6.45, 7) is 6.45. The molecule has 0 aliphatic carbocycles. The van der Waals surface area contributed by atoms with Crippen molar-refractivity contribution in [2.24, 2.45) is 0 Å². The number of anilines is 1. The van der Waals surface area contributed by atoms with Gasteiger partial charge in [0.15, 0.2) is 0 Å². The van der Waals surface area contributed by atoms with Gasteiger partial charge in [0.2, 0.25) is 0 Å². The van der Waals surface area contributed by atoms with Gasteiger partial charge in [0.05, 0.1) is 6.20 Å². The van der Waals surface area contributed by atoms with E-state index in [1.165, 1.54) is 12.3 Å². The molecule has 0 amide bonds. The van der Waals surface area contributed by atoms with Gasteiger partial charge in [0.25, 0.3) is 0 Å². The van der Waals surface area contributed by atoms with Gasteiger partial charge < -0.3 is 10.2 Å². The number of rotatable bonds is 5. The second kappa shape index (κ2) is 5.66. The van der Waals surface area contributed by atoms with Gasteiger partial charge in [-0.05, 0) is 19.5 Å². The normalized spacial score (nSPS) is 10.4. The van der Waals surface area contributed by atoms with E-state index in [9.17, 15) is 4.39 Å². The van der Waals surface area contributed by atoms with E-state index < -0.39 is 0 Å². The van der Waals surface area contributed by atoms with E-state index in [1.807, 2.05) is 25.8 Å². The Labute approximate surface area is 90.3 Å². The van der Waals surface area contributed by atoms with E-state index in [0.717, 1.165) is 24.5 Å². The third-order valence-electron chi connectivity index (χ3n) is 2.31. The summed E-state index contributed by atoms with van der Waals surface area (Å²) in [6.07, 6.45) is 1.26. The highest BCUT2D eigenvalue weighted by Gasteiger charge is 2.08. The second-order valence-corrected chi connectivity index (χ2v) is 3.43. The minimum absolute atomic E-state index is 0.281. The first-order valence-electron chi connectivity index (χ1n) is 5.25. The Bertz CT molecular complexity index is 315. The van der Waals surface area contributed by atoms with Crippen LogP contribution in [0.25, 0.3) is 0 Å². The Kier molecular flexibility index (Phi) is 4.49. The van der Waals surface area contributed by atoms with E-state index in [1.54, 1.807) is 0 Å². The van der Waals surface area contributed by atoms with Crippen molar-refractivity contribution in [1.29, 1.82) is 0 Å². The van der Waals surface area contributed by atoms with Crippen molar-refractivity contribution >= 4 is 5.82 Å². The molecule has 0 fully saturated rings. The summed E-state index contributed by atoms with van der Waals surface area (Å²) < 4.78 is 13.0. The van der Waals surface area contributed by atoms with Crippen molar-refractivity contribution in [2.45, 2.75) is 20.4 Å². The SMILES string of the molecule is CCNCc1cc(F)cnc1N(C)CC. The van der Waals surface area contributed by atoms with Gasteiger partial charge in [-0.1, -0.05) is 6.92 Å². The van der Waals surface area contributed by atoms with Crippen molar-refractivity contribution in [1.82, 2.24) is 10.3 Å². The van der Waals surface area contributed by atoms with Crippen molar-refractivity contribution in [3.05, 3.63) is 23.6 Å². The summed E-state index contributed by atoms with van der Waals surface area (Å²) in [5.41, 5.74) is 0.904. The van der Waals surface area contributed by atoms with Crippen LogP contribution in [0.5, 0.6) is 0 Å². The van der Waals surface area contributed by atoms with E-state index in [2.05, 4.69) is 10.3 Å². The Balaban J connectivity index is 2.92. The van der Waals surface area contributed by atoms with E-state index in [4.69, 9.17) is 0 Å². The maximum absolute atomic E-state index is 13.0. The monoisotopic (exact) mass is 211 g/mol. The highest BCUT2D eigenvalue weighted by Crippen LogP contribution is 2.16. The first kappa shape index (κ1) is 11.9. The van der Waals surface area contributed by atoms with Crippen LogP contribution in [0.4, 0.5) is 10.2 Å². The number of pyridine rings is 1. The molecule has 0 bridgehead atoms. The third kappa shape index (κ3) is 3.16. The van der Waals surface area contributed by atoms with Crippen LogP contribution in [-0.4, -0.2) is 25.1 Å². The summed E-state index contributed by atoms with van der Waals surface area (Å²) in [5.74, 6) is 0.566. The average molecular weight is 211 g/mol. The van der Waals surface area contributed by atoms with Gasteiger partial charge >= 0.3 is 0 Å². The molecule has 4 heteroatoms. The molecule has 0 saturated heterocycles. The minimum atomic E-state index is -0.281. The third-order valence-corrected chi connectivity index (χ3v) is 2.31. The molecule has 3 nitrogen and oxygen atoms in total. The fraction of sp³-hybridized carbons (Fsp3) is 0.545. The first-order chi connectivity index (χ1) is 7.19. The molecule has 1 N–H and O–H groups in total. The summed E-state index contributed by atoms with van der Waals surface area (Å²) in [7, 11) is 1.95. The fourth-order valence-electron chi connectivity index (χ4n) is 1.36. The average Bonchev–Trinajstić information content (AvgIpc) is 2.25. The molecule has 0 aromatic carbocycles. The lowest BCUT2D eigenvalue weighted by molar-refractivity contribution is 0.613. The highest BCUT2D eigenvalue weighted by atomic mass is 19.1. The summed E-state index contributed by atoms with van der Waals surface area (Å²) >= 11 is 0. The Morgan fingerprint density at radius 2 is 2.20 bits per heavy atom. The van der Waals surface area contributed by atoms with E-state index in [-0.39, 0.29) is 5.82 Å². The lowest BCUT2D eigenvalue weighted by Crippen LogP contribution is -2.22. The molecule has 1 aromatic rings. The fourth-order valence-corrected chi connectivity index (χ4v) is 1.36. The van der Waals surface area contributed by atoms with Crippen molar-refractivity contribution in [3.63, 3.8) is 0 Å². The molecular formula is C11H18FN3. The van der Waals surface area contributed by atoms with E-state index in [0.29, 0.717) is 6.54 Å². The van der Waals surface area contributed by atoms with Crippen molar-refractivity contribution in [3.8, 4) is 0 Å². The molecule has 0 spiro atoms. The molecule has 0 aliphatic rings. The van der Waals surface area contributed by atoms with Gasteiger partial charge in [-0.25, -0.2) is 9.37 Å². The lowest BCUT2D eigenvalue weighted by Gasteiger charge is -2.19. The molecule has 0 atom stereocenters. The number of hydrogen-bond donors (Lipinski definition) is 1. The van der Waals surface area contributed by atoms with Crippen LogP contribution >= 0.6 is 0 Å². The Morgan fingerprint density at radius 3 is 2.80 bits per heavy atom. The van der Waals surface area contributed by atoms with Crippen LogP contribution in [0.2, 0.25) is 0 Å². The number of nitrogens with zero attached hydrogens (tertiary/aromatic N) is 2. The lowest BCUT2D eigenvalue weighted by atomic mass is 10.2. The first-order valence-corrected chi connectivity index (χ1v) is 5.25. The van der Waals surface area contributed by atoms with Gasteiger partial charge in [-0.2, -0.15) is 0 Å². The Hall–Kier alpha value is -1.16. The number of hydrogen-bond acceptors (Lipinski definition) is 3. The number of halogens is 1. The van der Waals surface area contributed by atoms with Gasteiger partial charge in [0, 0.05) is 25.7 Å². The van der Waals surface area contributed by atoms with Crippen molar-refractivity contribution in [2.75, 3.05) is 25.0 Å². The van der Waals surface area contributed by atoms with Crippen LogP contribution in [0.1, 0.15) is 19.4 Å². The predicted octanol–water partition coefficient (Wildman–Crippen LogP) is 1.79. The smallest absolute Gasteiger partial charge is 0.141 e. The molecule has 1 heterocycles. The largest absolute Gasteiger partial charge is 0.360 e. The second-order valence-electron chi connectivity index (χ2n) is 3.43. The van der Waals surface area contributed by atoms with Gasteiger partial charge in [-0.3, -0.25) is 0 Å². The van der Waals surface area contributed by atoms with Crippen LogP contribution in [0.3, 0.4) is 0 Å². The molecule has 1 aromatic heterocycles. The maximum Gasteiger partial charge on any atom is 0.141 e. The zero-order valence-electron chi connectivity index (χ0n) is 9.55. The predicted molar refractivity (Wildman–Crippen MR) is 60.5 cm³/mol. The van der Waals surface area contributed by atoms with Crippen LogP contribution < -0.4 is 10.2 Å². The molecule has 0 unspecified atom stereocenters. The Morgan fingerprint density at radius 1 is 1.47 bits per heavy atom. The quantitative estimate of drug-likeness (QED) is 0.804. The molecule has 0 saturated carbocycles. The standard InChI is InChI=1S/C11H18FN3/c1-4-13-7-9-6-10(12)8-14-11(9)15(3)5-2/h6,8,13H,4-5,7H2,1-3H3. The summed E-state index contributed by atoms with van der Waals surface area (Å²) in [5, 5.41) is 3.18. The highest BCUT2D eigenvalue weighted by molar-refractivity contribution is 5.45. The number of nitrogens with one attached hydrogen (secondary N) is 1. The minimum Gasteiger partial charge on any atom is -0.360 e. The molecule has 0 aliphatic heterocycles. The maximum atomic E-state index is 13.0. The summed E-state index contributed by atoms with van der Waals surface area (Å²) in [4.78, 5) is 6.12. The van der Waals surface area contributed by atoms with Crippen molar-refractivity contribution < 1.29 is 4.39 Å². The molecule has 1 rings (SSSR count). The van der Waals surface area contributed by atoms with E-state index >= 15 is 0 Å². The zero-order chi connectivity index (χ0) is 11.3. The zero-order valence-corrected chi connectivity index (χ0v) is 9.55. The van der Waals surface area contributed by atoms with Gasteiger partial charge in [0.1, 0.15) is 11.6 Å². The molecule has 15 heavy (non-hydrogen) atoms. The summed E-state index contributed by atoms with van der Waals surface area (Å²) in [6, 6.07) is 1.54. The van der Waals surface area contributed by atoms with Crippen LogP contribution in [0.15, 0.2) is 12.3 Å².